The van der Waals surface area contributed by atoms with E-state index in [0.717, 1.165) is 5.69 Å². The zero-order valence-corrected chi connectivity index (χ0v) is 8.77. The Balaban J connectivity index is 2.17. The van der Waals surface area contributed by atoms with Gasteiger partial charge < -0.3 is 9.30 Å². The topological polar surface area (TPSA) is 39.4 Å². The van der Waals surface area contributed by atoms with Crippen LogP contribution in [0.3, 0.4) is 0 Å². The molecule has 0 aliphatic carbocycles. The molecule has 0 bridgehead atoms. The van der Waals surface area contributed by atoms with Crippen molar-refractivity contribution in [1.82, 2.24) is 9.55 Å². The molecule has 0 N–H and O–H groups in total. The van der Waals surface area contributed by atoms with Crippen LogP contribution in [-0.4, -0.2) is 28.1 Å². The fourth-order valence-electron chi connectivity index (χ4n) is 1.39. The van der Waals surface area contributed by atoms with Crippen molar-refractivity contribution in [3.63, 3.8) is 0 Å². The summed E-state index contributed by atoms with van der Waals surface area (Å²) in [6, 6.07) is 0.284. The smallest absolute Gasteiger partial charge is 0.237 e. The van der Waals surface area contributed by atoms with Crippen LogP contribution in [-0.2, 0) is 11.8 Å². The van der Waals surface area contributed by atoms with Crippen molar-refractivity contribution >= 4 is 5.90 Å². The SMILES string of the molecule is CC(C)C1COC(c2cn(C)cn2)=N1. The number of aliphatic imine (C=N–C) groups is 1. The number of aryl methyl sites for hydroxylation is 1. The van der Waals surface area contributed by atoms with Gasteiger partial charge in [-0.3, -0.25) is 0 Å². The van der Waals surface area contributed by atoms with Gasteiger partial charge in [-0.15, -0.1) is 0 Å². The van der Waals surface area contributed by atoms with Crippen LogP contribution in [0.25, 0.3) is 0 Å². The van der Waals surface area contributed by atoms with Crippen molar-refractivity contribution < 1.29 is 4.74 Å². The molecule has 4 nitrogen and oxygen atoms in total. The number of rotatable bonds is 2. The molecule has 0 fully saturated rings. The zero-order chi connectivity index (χ0) is 10.1. The molecule has 1 aliphatic heterocycles. The van der Waals surface area contributed by atoms with Gasteiger partial charge in [-0.1, -0.05) is 13.8 Å². The maximum Gasteiger partial charge on any atom is 0.237 e. The van der Waals surface area contributed by atoms with Crippen molar-refractivity contribution in [3.8, 4) is 0 Å². The number of ether oxygens (including phenoxy) is 1. The summed E-state index contributed by atoms with van der Waals surface area (Å²) in [6.07, 6.45) is 3.67. The summed E-state index contributed by atoms with van der Waals surface area (Å²) in [5, 5.41) is 0. The first-order chi connectivity index (χ1) is 6.66. The minimum Gasteiger partial charge on any atom is -0.474 e. The van der Waals surface area contributed by atoms with Gasteiger partial charge in [-0.05, 0) is 5.92 Å². The van der Waals surface area contributed by atoms with Crippen LogP contribution in [0.1, 0.15) is 19.5 Å². The second kappa shape index (κ2) is 3.44. The maximum atomic E-state index is 5.50. The Kier molecular flexibility index (Phi) is 2.27. The summed E-state index contributed by atoms with van der Waals surface area (Å²) < 4.78 is 7.39. The average molecular weight is 193 g/mol. The van der Waals surface area contributed by atoms with E-state index in [1.54, 1.807) is 6.33 Å². The van der Waals surface area contributed by atoms with Crippen molar-refractivity contribution in [1.29, 1.82) is 0 Å². The van der Waals surface area contributed by atoms with Crippen LogP contribution in [0.4, 0.5) is 0 Å². The Labute approximate surface area is 83.6 Å². The van der Waals surface area contributed by atoms with E-state index in [-0.39, 0.29) is 6.04 Å². The Morgan fingerprint density at radius 3 is 2.86 bits per heavy atom. The van der Waals surface area contributed by atoms with Gasteiger partial charge in [0.2, 0.25) is 5.90 Å². The summed E-state index contributed by atoms with van der Waals surface area (Å²) in [5.41, 5.74) is 0.829. The first-order valence-electron chi connectivity index (χ1n) is 4.85. The van der Waals surface area contributed by atoms with Crippen LogP contribution in [0.5, 0.6) is 0 Å². The van der Waals surface area contributed by atoms with Crippen molar-refractivity contribution in [2.24, 2.45) is 18.0 Å². The minimum atomic E-state index is 0.284. The number of aromatic nitrogens is 2. The third-order valence-electron chi connectivity index (χ3n) is 2.37. The molecular weight excluding hydrogens is 178 g/mol. The van der Waals surface area contributed by atoms with Gasteiger partial charge in [-0.25, -0.2) is 9.98 Å². The predicted octanol–water partition coefficient (Wildman–Crippen LogP) is 1.22. The van der Waals surface area contributed by atoms with Crippen LogP contribution >= 0.6 is 0 Å². The van der Waals surface area contributed by atoms with Crippen LogP contribution in [0.2, 0.25) is 0 Å². The molecule has 76 valence electrons. The molecule has 2 heterocycles. The highest BCUT2D eigenvalue weighted by atomic mass is 16.5. The van der Waals surface area contributed by atoms with E-state index in [1.807, 2.05) is 17.8 Å². The summed E-state index contributed by atoms with van der Waals surface area (Å²) >= 11 is 0. The minimum absolute atomic E-state index is 0.284. The molecule has 0 spiro atoms. The van der Waals surface area contributed by atoms with E-state index in [2.05, 4.69) is 23.8 Å². The van der Waals surface area contributed by atoms with Crippen LogP contribution in [0.15, 0.2) is 17.5 Å². The molecule has 14 heavy (non-hydrogen) atoms. The lowest BCUT2D eigenvalue weighted by Gasteiger charge is -2.06. The fraction of sp³-hybridized carbons (Fsp3) is 0.600. The average Bonchev–Trinajstić information content (AvgIpc) is 2.70. The number of imidazole rings is 1. The van der Waals surface area contributed by atoms with Crippen LogP contribution in [0, 0.1) is 5.92 Å². The summed E-state index contributed by atoms with van der Waals surface area (Å²) in [4.78, 5) is 8.69. The Morgan fingerprint density at radius 1 is 1.57 bits per heavy atom. The van der Waals surface area contributed by atoms with Gasteiger partial charge in [0.05, 0.1) is 12.4 Å². The number of hydrogen-bond acceptors (Lipinski definition) is 3. The number of nitrogens with zero attached hydrogens (tertiary/aromatic N) is 3. The van der Waals surface area contributed by atoms with Crippen molar-refractivity contribution in [3.05, 3.63) is 18.2 Å². The molecular formula is C10H15N3O. The quantitative estimate of drug-likeness (QED) is 0.708. The lowest BCUT2D eigenvalue weighted by atomic mass is 10.1. The van der Waals surface area contributed by atoms with E-state index in [0.29, 0.717) is 18.4 Å². The second-order valence-corrected chi connectivity index (χ2v) is 3.98. The first-order valence-corrected chi connectivity index (χ1v) is 4.85. The van der Waals surface area contributed by atoms with E-state index in [9.17, 15) is 0 Å². The molecule has 0 saturated carbocycles. The predicted molar refractivity (Wildman–Crippen MR) is 54.3 cm³/mol. The highest BCUT2D eigenvalue weighted by molar-refractivity contribution is 5.93. The van der Waals surface area contributed by atoms with E-state index >= 15 is 0 Å². The normalized spacial score (nSPS) is 21.1. The van der Waals surface area contributed by atoms with E-state index < -0.39 is 0 Å². The summed E-state index contributed by atoms with van der Waals surface area (Å²) in [6.45, 7) is 4.99. The first kappa shape index (κ1) is 9.24. The highest BCUT2D eigenvalue weighted by Crippen LogP contribution is 2.16. The van der Waals surface area contributed by atoms with Gasteiger partial charge in [-0.2, -0.15) is 0 Å². The Morgan fingerprint density at radius 2 is 2.36 bits per heavy atom. The van der Waals surface area contributed by atoms with Gasteiger partial charge in [0.15, 0.2) is 0 Å². The molecule has 4 heteroatoms. The molecule has 1 atom stereocenters. The zero-order valence-electron chi connectivity index (χ0n) is 8.77. The molecule has 0 amide bonds. The van der Waals surface area contributed by atoms with Gasteiger partial charge in [0.1, 0.15) is 12.3 Å². The molecule has 1 unspecified atom stereocenters. The monoisotopic (exact) mass is 193 g/mol. The van der Waals surface area contributed by atoms with Gasteiger partial charge in [0.25, 0.3) is 0 Å². The third kappa shape index (κ3) is 1.64. The molecule has 1 aliphatic rings. The maximum absolute atomic E-state index is 5.50. The number of hydrogen-bond donors (Lipinski definition) is 0. The Hall–Kier alpha value is -1.32. The summed E-state index contributed by atoms with van der Waals surface area (Å²) in [5.74, 6) is 1.21. The summed E-state index contributed by atoms with van der Waals surface area (Å²) in [7, 11) is 1.94. The van der Waals surface area contributed by atoms with E-state index in [4.69, 9.17) is 4.74 Å². The molecule has 1 aromatic rings. The van der Waals surface area contributed by atoms with E-state index in [1.165, 1.54) is 0 Å². The van der Waals surface area contributed by atoms with Crippen LogP contribution < -0.4 is 0 Å². The third-order valence-corrected chi connectivity index (χ3v) is 2.37. The Bertz CT molecular complexity index is 354. The molecule has 0 aromatic carbocycles. The largest absolute Gasteiger partial charge is 0.474 e. The van der Waals surface area contributed by atoms with Gasteiger partial charge in [0, 0.05) is 13.2 Å². The standard InChI is InChI=1S/C10H15N3O/c1-7(2)9-5-14-10(12-9)8-4-13(3)6-11-8/h4,6-7,9H,5H2,1-3H3. The highest BCUT2D eigenvalue weighted by Gasteiger charge is 2.23. The van der Waals surface area contributed by atoms with Crippen molar-refractivity contribution in [2.45, 2.75) is 19.9 Å². The lowest BCUT2D eigenvalue weighted by Crippen LogP contribution is -2.13. The molecule has 0 radical (unpaired) electrons. The second-order valence-electron chi connectivity index (χ2n) is 3.98. The molecule has 0 saturated heterocycles. The van der Waals surface area contributed by atoms with Gasteiger partial charge >= 0.3 is 0 Å². The van der Waals surface area contributed by atoms with Crippen molar-refractivity contribution in [2.75, 3.05) is 6.61 Å². The molecule has 2 rings (SSSR count). The molecule has 1 aromatic heterocycles. The fourth-order valence-corrected chi connectivity index (χ4v) is 1.39. The lowest BCUT2D eigenvalue weighted by molar-refractivity contribution is 0.291.